The summed E-state index contributed by atoms with van der Waals surface area (Å²) < 4.78 is 0. The summed E-state index contributed by atoms with van der Waals surface area (Å²) in [6.45, 7) is 12.5. The molecule has 8 heteroatoms. The van der Waals surface area contributed by atoms with Gasteiger partial charge >= 0.3 is 0 Å². The summed E-state index contributed by atoms with van der Waals surface area (Å²) in [6.07, 6.45) is -0.453. The highest BCUT2D eigenvalue weighted by Crippen LogP contribution is 2.28. The molecular weight excluding hydrogens is 436 g/mol. The van der Waals surface area contributed by atoms with Crippen LogP contribution in [0.4, 0.5) is 0 Å². The summed E-state index contributed by atoms with van der Waals surface area (Å²) in [5.41, 5.74) is 4.59. The SMILES string of the molecule is Cc1ncsc1-c1ccc(CNC(=O)[C@@H]2C[C@@H](O)CN2C(=O)[C@@H](NC(C)C)C(C)(C)C)cc1. The van der Waals surface area contributed by atoms with Gasteiger partial charge in [0.25, 0.3) is 0 Å². The molecule has 1 aliphatic rings. The molecule has 2 aromatic rings. The molecule has 0 unspecified atom stereocenters. The zero-order valence-corrected chi connectivity index (χ0v) is 21.2. The normalized spacial score (nSPS) is 19.7. The Morgan fingerprint density at radius 1 is 1.24 bits per heavy atom. The van der Waals surface area contributed by atoms with Gasteiger partial charge in [-0.1, -0.05) is 58.9 Å². The van der Waals surface area contributed by atoms with Crippen LogP contribution in [0.15, 0.2) is 29.8 Å². The first-order chi connectivity index (χ1) is 15.5. The third kappa shape index (κ3) is 6.19. The number of aromatic nitrogens is 1. The van der Waals surface area contributed by atoms with Crippen LogP contribution in [0.3, 0.4) is 0 Å². The smallest absolute Gasteiger partial charge is 0.243 e. The Morgan fingerprint density at radius 2 is 1.91 bits per heavy atom. The van der Waals surface area contributed by atoms with E-state index in [0.29, 0.717) is 6.54 Å². The molecule has 180 valence electrons. The van der Waals surface area contributed by atoms with Crippen LogP contribution in [-0.4, -0.2) is 57.6 Å². The molecule has 0 saturated carbocycles. The third-order valence-electron chi connectivity index (χ3n) is 5.91. The van der Waals surface area contributed by atoms with Crippen molar-refractivity contribution in [2.75, 3.05) is 6.54 Å². The minimum absolute atomic E-state index is 0.120. The molecule has 0 radical (unpaired) electrons. The van der Waals surface area contributed by atoms with Crippen LogP contribution in [0.1, 0.15) is 52.3 Å². The number of benzene rings is 1. The number of carbonyl (C=O) groups is 2. The number of hydrogen-bond donors (Lipinski definition) is 3. The van der Waals surface area contributed by atoms with E-state index < -0.39 is 18.2 Å². The molecule has 1 aliphatic heterocycles. The first-order valence-electron chi connectivity index (χ1n) is 11.5. The second kappa shape index (κ2) is 10.3. The summed E-state index contributed by atoms with van der Waals surface area (Å²) in [7, 11) is 0. The highest BCUT2D eigenvalue weighted by Gasteiger charge is 2.43. The molecule has 3 rings (SSSR count). The summed E-state index contributed by atoms with van der Waals surface area (Å²) in [6, 6.07) is 7.04. The average molecular weight is 473 g/mol. The van der Waals surface area contributed by atoms with Crippen LogP contribution < -0.4 is 10.6 Å². The first-order valence-corrected chi connectivity index (χ1v) is 12.4. The lowest BCUT2D eigenvalue weighted by molar-refractivity contribution is -0.142. The first kappa shape index (κ1) is 25.3. The Labute approximate surface area is 200 Å². The zero-order chi connectivity index (χ0) is 24.3. The van der Waals surface area contributed by atoms with Gasteiger partial charge in [0, 0.05) is 25.6 Å². The maximum atomic E-state index is 13.4. The molecule has 7 nitrogen and oxygen atoms in total. The lowest BCUT2D eigenvalue weighted by atomic mass is 9.85. The van der Waals surface area contributed by atoms with Crippen LogP contribution >= 0.6 is 11.3 Å². The lowest BCUT2D eigenvalue weighted by Crippen LogP contribution is -2.57. The van der Waals surface area contributed by atoms with E-state index in [1.807, 2.05) is 71.3 Å². The van der Waals surface area contributed by atoms with Crippen LogP contribution in [0, 0.1) is 12.3 Å². The van der Waals surface area contributed by atoms with Gasteiger partial charge in [-0.25, -0.2) is 4.98 Å². The van der Waals surface area contributed by atoms with Crippen molar-refractivity contribution in [1.29, 1.82) is 0 Å². The van der Waals surface area contributed by atoms with Crippen LogP contribution in [0.2, 0.25) is 0 Å². The molecule has 1 fully saturated rings. The molecule has 1 saturated heterocycles. The maximum absolute atomic E-state index is 13.4. The van der Waals surface area contributed by atoms with Crippen molar-refractivity contribution in [2.45, 2.75) is 78.7 Å². The highest BCUT2D eigenvalue weighted by atomic mass is 32.1. The Balaban J connectivity index is 1.66. The fraction of sp³-hybridized carbons (Fsp3) is 0.560. The van der Waals surface area contributed by atoms with E-state index in [4.69, 9.17) is 0 Å². The van der Waals surface area contributed by atoms with E-state index in [1.54, 1.807) is 16.2 Å². The molecule has 2 amide bonds. The number of β-amino-alcohol motifs (C(OH)–C–C–N with tert-alkyl or cyclic N) is 1. The number of carbonyl (C=O) groups excluding carboxylic acids is 2. The van der Waals surface area contributed by atoms with Crippen LogP contribution in [0.25, 0.3) is 10.4 Å². The van der Waals surface area contributed by atoms with E-state index in [9.17, 15) is 14.7 Å². The standard InChI is InChI=1S/C25H36N4O3S/c1-15(2)28-22(25(4,5)6)24(32)29-13-19(30)11-20(29)23(31)26-12-17-7-9-18(10-8-17)21-16(3)27-14-33-21/h7-10,14-15,19-20,22,28,30H,11-13H2,1-6H3,(H,26,31)/t19-,20+,22-/m1/s1. The number of thiazole rings is 1. The minimum atomic E-state index is -0.703. The summed E-state index contributed by atoms with van der Waals surface area (Å²) in [4.78, 5) is 33.4. The van der Waals surface area contributed by atoms with Crippen molar-refractivity contribution in [3.05, 3.63) is 41.0 Å². The number of amides is 2. The molecule has 1 aromatic carbocycles. The van der Waals surface area contributed by atoms with E-state index in [1.165, 1.54) is 0 Å². The van der Waals surface area contributed by atoms with Gasteiger partial charge in [0.15, 0.2) is 0 Å². The van der Waals surface area contributed by atoms with Gasteiger partial charge in [-0.3, -0.25) is 9.59 Å². The van der Waals surface area contributed by atoms with Gasteiger partial charge in [-0.15, -0.1) is 11.3 Å². The van der Waals surface area contributed by atoms with Gasteiger partial charge < -0.3 is 20.6 Å². The van der Waals surface area contributed by atoms with Crippen molar-refractivity contribution < 1.29 is 14.7 Å². The zero-order valence-electron chi connectivity index (χ0n) is 20.4. The third-order valence-corrected chi connectivity index (χ3v) is 6.88. The quantitative estimate of drug-likeness (QED) is 0.576. The second-order valence-electron chi connectivity index (χ2n) is 10.2. The molecule has 2 heterocycles. The summed E-state index contributed by atoms with van der Waals surface area (Å²) in [5, 5.41) is 16.6. The fourth-order valence-corrected chi connectivity index (χ4v) is 4.97. The number of nitrogens with one attached hydrogen (secondary N) is 2. The molecule has 0 bridgehead atoms. The minimum Gasteiger partial charge on any atom is -0.391 e. The molecule has 1 aromatic heterocycles. The predicted molar refractivity (Wildman–Crippen MR) is 132 cm³/mol. The monoisotopic (exact) mass is 472 g/mol. The van der Waals surface area contributed by atoms with Gasteiger partial charge in [-0.2, -0.15) is 0 Å². The number of aliphatic hydroxyl groups is 1. The highest BCUT2D eigenvalue weighted by molar-refractivity contribution is 7.13. The molecule has 33 heavy (non-hydrogen) atoms. The number of rotatable bonds is 7. The van der Waals surface area contributed by atoms with Crippen molar-refractivity contribution in [2.24, 2.45) is 5.41 Å². The topological polar surface area (TPSA) is 94.6 Å². The van der Waals surface area contributed by atoms with E-state index in [-0.39, 0.29) is 36.2 Å². The van der Waals surface area contributed by atoms with Gasteiger partial charge in [0.2, 0.25) is 11.8 Å². The summed E-state index contributed by atoms with van der Waals surface area (Å²) >= 11 is 1.61. The van der Waals surface area contributed by atoms with Crippen LogP contribution in [-0.2, 0) is 16.1 Å². The molecule has 3 N–H and O–H groups in total. The van der Waals surface area contributed by atoms with Crippen molar-refractivity contribution >= 4 is 23.2 Å². The number of likely N-dealkylation sites (tertiary alicyclic amines) is 1. The fourth-order valence-electron chi connectivity index (χ4n) is 4.16. The Morgan fingerprint density at radius 3 is 2.45 bits per heavy atom. The molecular formula is C25H36N4O3S. The van der Waals surface area contributed by atoms with E-state index in [0.717, 1.165) is 21.7 Å². The number of nitrogens with zero attached hydrogens (tertiary/aromatic N) is 2. The maximum Gasteiger partial charge on any atom is 0.243 e. The molecule has 0 aliphatic carbocycles. The van der Waals surface area contributed by atoms with Crippen LogP contribution in [0.5, 0.6) is 0 Å². The van der Waals surface area contributed by atoms with Gasteiger partial charge in [0.1, 0.15) is 6.04 Å². The Kier molecular flexibility index (Phi) is 7.92. The van der Waals surface area contributed by atoms with E-state index >= 15 is 0 Å². The largest absolute Gasteiger partial charge is 0.391 e. The van der Waals surface area contributed by atoms with E-state index in [2.05, 4.69) is 15.6 Å². The Hall–Kier alpha value is -2.29. The number of aryl methyl sites for hydroxylation is 1. The van der Waals surface area contributed by atoms with Crippen molar-refractivity contribution in [1.82, 2.24) is 20.5 Å². The summed E-state index contributed by atoms with van der Waals surface area (Å²) in [5.74, 6) is -0.378. The molecule has 0 spiro atoms. The second-order valence-corrected chi connectivity index (χ2v) is 11.1. The average Bonchev–Trinajstić information content (AvgIpc) is 3.35. The van der Waals surface area contributed by atoms with Crippen molar-refractivity contribution in [3.63, 3.8) is 0 Å². The number of aliphatic hydroxyl groups excluding tert-OH is 1. The van der Waals surface area contributed by atoms with Gasteiger partial charge in [-0.05, 0) is 23.5 Å². The number of hydrogen-bond acceptors (Lipinski definition) is 6. The lowest BCUT2D eigenvalue weighted by Gasteiger charge is -2.36. The Bertz CT molecular complexity index is 965. The molecule has 3 atom stereocenters. The van der Waals surface area contributed by atoms with Gasteiger partial charge in [0.05, 0.1) is 28.2 Å². The predicted octanol–water partition coefficient (Wildman–Crippen LogP) is 3.11. The van der Waals surface area contributed by atoms with Crippen molar-refractivity contribution in [3.8, 4) is 10.4 Å².